The summed E-state index contributed by atoms with van der Waals surface area (Å²) in [5.41, 5.74) is 3.89. The molecule has 37 heavy (non-hydrogen) atoms. The maximum atomic E-state index is 13.6. The van der Waals surface area contributed by atoms with E-state index < -0.39 is 6.61 Å². The molecule has 0 unspecified atom stereocenters. The number of anilines is 1. The number of benzene rings is 2. The van der Waals surface area contributed by atoms with Gasteiger partial charge in [-0.2, -0.15) is 8.78 Å². The number of fused-ring (bicyclic) bond motifs is 1. The summed E-state index contributed by atoms with van der Waals surface area (Å²) >= 11 is 0. The van der Waals surface area contributed by atoms with E-state index >= 15 is 0 Å². The van der Waals surface area contributed by atoms with Crippen LogP contribution >= 0.6 is 0 Å². The van der Waals surface area contributed by atoms with Gasteiger partial charge >= 0.3 is 6.61 Å². The fraction of sp³-hybridized carbons (Fsp3) is 0.333. The number of hydrogen-bond acceptors (Lipinski definition) is 7. The normalized spacial score (nSPS) is 16.9. The molecule has 192 valence electrons. The molecule has 10 heteroatoms. The van der Waals surface area contributed by atoms with Crippen LogP contribution in [0.3, 0.4) is 0 Å². The molecule has 0 N–H and O–H groups in total. The molecule has 2 aromatic carbocycles. The Hall–Kier alpha value is -3.92. The molecule has 0 aliphatic heterocycles. The van der Waals surface area contributed by atoms with Crippen molar-refractivity contribution in [3.05, 3.63) is 67.1 Å². The Morgan fingerprint density at radius 3 is 2.65 bits per heavy atom. The van der Waals surface area contributed by atoms with Gasteiger partial charge in [0.05, 0.1) is 18.4 Å². The molecular weight excluding hydrogens is 482 g/mol. The minimum Gasteiger partial charge on any atom is -0.491 e. The Bertz CT molecular complexity index is 1360. The average Bonchev–Trinajstić information content (AvgIpc) is 3.54. The van der Waals surface area contributed by atoms with Crippen molar-refractivity contribution < 1.29 is 27.5 Å². The third-order valence-corrected chi connectivity index (χ3v) is 6.21. The van der Waals surface area contributed by atoms with Crippen LogP contribution in [0.1, 0.15) is 31.9 Å². The average molecular weight is 509 g/mol. The summed E-state index contributed by atoms with van der Waals surface area (Å²) in [6.45, 7) is 0.599. The molecule has 4 aromatic rings. The number of hydrogen-bond donors (Lipinski definition) is 0. The molecule has 1 aliphatic rings. The lowest BCUT2D eigenvalue weighted by atomic mass is 10.0. The van der Waals surface area contributed by atoms with E-state index in [0.29, 0.717) is 23.2 Å². The van der Waals surface area contributed by atoms with Crippen LogP contribution < -0.4 is 9.64 Å². The van der Waals surface area contributed by atoms with E-state index in [1.807, 2.05) is 44.2 Å². The fourth-order valence-electron chi connectivity index (χ4n) is 4.47. The molecule has 1 amide bonds. The number of oxazole rings is 1. The number of carbonyl (C=O) groups is 1. The standard InChI is InChI=1S/C27H26F2N4O4/c1-16(2)37-18-5-3-17(4-6-18)19-7-8-23(25-24(19)32-15-36-25)33(11-12-35-27(28)29)26(34)21-13-20(21)22-9-10-30-14-31-22/h3-10,14-16,20-21,27H,11-13H2,1-2H3/t20-,21-/m1/s1. The van der Waals surface area contributed by atoms with Gasteiger partial charge in [-0.25, -0.2) is 15.0 Å². The minimum atomic E-state index is -2.93. The van der Waals surface area contributed by atoms with E-state index in [0.717, 1.165) is 22.6 Å². The summed E-state index contributed by atoms with van der Waals surface area (Å²) in [5.74, 6) is 0.171. The van der Waals surface area contributed by atoms with Gasteiger partial charge in [0.1, 0.15) is 17.6 Å². The number of ether oxygens (including phenoxy) is 2. The lowest BCUT2D eigenvalue weighted by Gasteiger charge is -2.23. The molecule has 2 aromatic heterocycles. The molecule has 5 rings (SSSR count). The van der Waals surface area contributed by atoms with Crippen molar-refractivity contribution in [2.75, 3.05) is 18.1 Å². The molecule has 1 fully saturated rings. The maximum Gasteiger partial charge on any atom is 0.345 e. The van der Waals surface area contributed by atoms with E-state index in [1.54, 1.807) is 18.3 Å². The van der Waals surface area contributed by atoms with Crippen molar-refractivity contribution in [2.24, 2.45) is 5.92 Å². The minimum absolute atomic E-state index is 0.0509. The summed E-state index contributed by atoms with van der Waals surface area (Å²) in [6.07, 6.45) is 5.07. The Morgan fingerprint density at radius 2 is 1.95 bits per heavy atom. The van der Waals surface area contributed by atoms with Crippen molar-refractivity contribution in [1.29, 1.82) is 0 Å². The van der Waals surface area contributed by atoms with Crippen molar-refractivity contribution in [3.8, 4) is 16.9 Å². The predicted molar refractivity (Wildman–Crippen MR) is 132 cm³/mol. The molecule has 0 bridgehead atoms. The molecule has 8 nitrogen and oxygen atoms in total. The number of alkyl halides is 2. The fourth-order valence-corrected chi connectivity index (χ4v) is 4.47. The molecular formula is C27H26F2N4O4. The first-order valence-corrected chi connectivity index (χ1v) is 12.0. The van der Waals surface area contributed by atoms with Gasteiger partial charge in [0.2, 0.25) is 5.91 Å². The SMILES string of the molecule is CC(C)Oc1ccc(-c2ccc(N(CCOC(F)F)C(=O)[C@@H]3C[C@H]3c3ccncn3)c3ocnc23)cc1. The van der Waals surface area contributed by atoms with Gasteiger partial charge in [-0.3, -0.25) is 4.79 Å². The quantitative estimate of drug-likeness (QED) is 0.281. The number of carbonyl (C=O) groups excluding carboxylic acids is 1. The van der Waals surface area contributed by atoms with Crippen LogP contribution in [0, 0.1) is 5.92 Å². The molecule has 2 atom stereocenters. The Labute approximate surface area is 212 Å². The van der Waals surface area contributed by atoms with E-state index in [2.05, 4.69) is 19.7 Å². The highest BCUT2D eigenvalue weighted by atomic mass is 19.3. The second-order valence-corrected chi connectivity index (χ2v) is 9.06. The van der Waals surface area contributed by atoms with Gasteiger partial charge in [0.25, 0.3) is 0 Å². The summed E-state index contributed by atoms with van der Waals surface area (Å²) in [6, 6.07) is 13.0. The van der Waals surface area contributed by atoms with E-state index in [-0.39, 0.29) is 37.0 Å². The molecule has 0 radical (unpaired) electrons. The smallest absolute Gasteiger partial charge is 0.345 e. The summed E-state index contributed by atoms with van der Waals surface area (Å²) in [4.78, 5) is 27.6. The van der Waals surface area contributed by atoms with Gasteiger partial charge in [-0.05, 0) is 56.2 Å². The molecule has 1 aliphatic carbocycles. The molecule has 2 heterocycles. The highest BCUT2D eigenvalue weighted by Crippen LogP contribution is 2.48. The van der Waals surface area contributed by atoms with Crippen molar-refractivity contribution in [1.82, 2.24) is 15.0 Å². The van der Waals surface area contributed by atoms with Gasteiger partial charge in [0.15, 0.2) is 12.0 Å². The zero-order valence-corrected chi connectivity index (χ0v) is 20.4. The lowest BCUT2D eigenvalue weighted by molar-refractivity contribution is -0.130. The van der Waals surface area contributed by atoms with Crippen LogP contribution in [-0.2, 0) is 9.53 Å². The number of amides is 1. The first-order chi connectivity index (χ1) is 17.9. The predicted octanol–water partition coefficient (Wildman–Crippen LogP) is 5.45. The number of halogens is 2. The largest absolute Gasteiger partial charge is 0.491 e. The van der Waals surface area contributed by atoms with Gasteiger partial charge < -0.3 is 18.8 Å². The van der Waals surface area contributed by atoms with Crippen LogP contribution in [0.5, 0.6) is 5.75 Å². The monoisotopic (exact) mass is 508 g/mol. The second-order valence-electron chi connectivity index (χ2n) is 9.06. The topological polar surface area (TPSA) is 90.6 Å². The Morgan fingerprint density at radius 1 is 1.14 bits per heavy atom. The number of rotatable bonds is 10. The van der Waals surface area contributed by atoms with Gasteiger partial charge in [0, 0.05) is 35.8 Å². The van der Waals surface area contributed by atoms with Crippen LogP contribution in [-0.4, -0.2) is 46.7 Å². The van der Waals surface area contributed by atoms with Crippen LogP contribution in [0.4, 0.5) is 14.5 Å². The highest BCUT2D eigenvalue weighted by molar-refractivity contribution is 6.06. The third kappa shape index (κ3) is 5.43. The molecule has 0 spiro atoms. The number of nitrogens with zero attached hydrogens (tertiary/aromatic N) is 4. The van der Waals surface area contributed by atoms with E-state index in [1.165, 1.54) is 17.6 Å². The van der Waals surface area contributed by atoms with Crippen LogP contribution in [0.15, 0.2) is 65.8 Å². The zero-order valence-electron chi connectivity index (χ0n) is 20.4. The molecule has 0 saturated heterocycles. The summed E-state index contributed by atoms with van der Waals surface area (Å²) in [5, 5.41) is 0. The van der Waals surface area contributed by atoms with Gasteiger partial charge in [-0.15, -0.1) is 0 Å². The number of aromatic nitrogens is 3. The lowest BCUT2D eigenvalue weighted by Crippen LogP contribution is -2.36. The Balaban J connectivity index is 1.45. The first kappa shape index (κ1) is 24.8. The van der Waals surface area contributed by atoms with Crippen LogP contribution in [0.2, 0.25) is 0 Å². The van der Waals surface area contributed by atoms with Gasteiger partial charge in [-0.1, -0.05) is 12.1 Å². The van der Waals surface area contributed by atoms with E-state index in [4.69, 9.17) is 9.15 Å². The second kappa shape index (κ2) is 10.6. The zero-order chi connectivity index (χ0) is 25.9. The Kier molecular flexibility index (Phi) is 7.09. The summed E-state index contributed by atoms with van der Waals surface area (Å²) < 4.78 is 41.3. The van der Waals surface area contributed by atoms with Crippen LogP contribution in [0.25, 0.3) is 22.2 Å². The van der Waals surface area contributed by atoms with Crippen molar-refractivity contribution in [2.45, 2.75) is 38.9 Å². The van der Waals surface area contributed by atoms with Crippen molar-refractivity contribution in [3.63, 3.8) is 0 Å². The first-order valence-electron chi connectivity index (χ1n) is 12.0. The van der Waals surface area contributed by atoms with Crippen molar-refractivity contribution >= 4 is 22.7 Å². The third-order valence-electron chi connectivity index (χ3n) is 6.21. The highest BCUT2D eigenvalue weighted by Gasteiger charge is 2.47. The van der Waals surface area contributed by atoms with E-state index in [9.17, 15) is 13.6 Å². The molecule has 1 saturated carbocycles. The summed E-state index contributed by atoms with van der Waals surface area (Å²) in [7, 11) is 0. The maximum absolute atomic E-state index is 13.6.